The summed E-state index contributed by atoms with van der Waals surface area (Å²) in [5, 5.41) is 4.16. The fourth-order valence-corrected chi connectivity index (χ4v) is 1.70. The van der Waals surface area contributed by atoms with Crippen LogP contribution in [0.5, 0.6) is 0 Å². The average Bonchev–Trinajstić information content (AvgIpc) is 2.53. The van der Waals surface area contributed by atoms with Gasteiger partial charge >= 0.3 is 0 Å². The van der Waals surface area contributed by atoms with E-state index in [1.54, 1.807) is 0 Å². The number of hydrogen-bond acceptors (Lipinski definition) is 2. The molecule has 0 saturated heterocycles. The molecule has 1 aliphatic rings. The van der Waals surface area contributed by atoms with Crippen molar-refractivity contribution in [2.24, 2.45) is 12.8 Å². The first-order valence-corrected chi connectivity index (χ1v) is 4.69. The summed E-state index contributed by atoms with van der Waals surface area (Å²) in [6.07, 6.45) is 9.41. The van der Waals surface area contributed by atoms with Gasteiger partial charge in [-0.1, -0.05) is 6.08 Å². The largest absolute Gasteiger partial charge is 0.327 e. The third kappa shape index (κ3) is 1.80. The van der Waals surface area contributed by atoms with Crippen molar-refractivity contribution in [1.29, 1.82) is 0 Å². The molecule has 1 heterocycles. The van der Waals surface area contributed by atoms with Crippen LogP contribution in [0.2, 0.25) is 0 Å². The molecule has 13 heavy (non-hydrogen) atoms. The Morgan fingerprint density at radius 3 is 3.00 bits per heavy atom. The Kier molecular flexibility index (Phi) is 2.19. The molecule has 1 atom stereocenters. The number of nitrogens with two attached hydrogens (primary N) is 1. The Labute approximate surface area is 78.2 Å². The third-order valence-electron chi connectivity index (χ3n) is 2.53. The molecule has 70 valence electrons. The second kappa shape index (κ2) is 3.34. The first-order chi connectivity index (χ1) is 6.25. The summed E-state index contributed by atoms with van der Waals surface area (Å²) < 4.78 is 1.84. The molecule has 1 unspecified atom stereocenters. The molecule has 0 bridgehead atoms. The summed E-state index contributed by atoms with van der Waals surface area (Å²) in [4.78, 5) is 0. The van der Waals surface area contributed by atoms with Crippen LogP contribution < -0.4 is 5.73 Å². The topological polar surface area (TPSA) is 43.8 Å². The van der Waals surface area contributed by atoms with E-state index in [0.29, 0.717) is 6.04 Å². The molecule has 1 aliphatic carbocycles. The number of allylic oxidation sites excluding steroid dienone is 1. The highest BCUT2D eigenvalue weighted by atomic mass is 15.2. The van der Waals surface area contributed by atoms with E-state index in [1.165, 1.54) is 11.1 Å². The number of hydrogen-bond donors (Lipinski definition) is 1. The minimum absolute atomic E-state index is 0.362. The van der Waals surface area contributed by atoms with Crippen molar-refractivity contribution in [2.45, 2.75) is 25.3 Å². The monoisotopic (exact) mass is 177 g/mol. The lowest BCUT2D eigenvalue weighted by atomic mass is 9.93. The summed E-state index contributed by atoms with van der Waals surface area (Å²) in [5.41, 5.74) is 8.46. The molecule has 0 fully saturated rings. The maximum atomic E-state index is 5.81. The van der Waals surface area contributed by atoms with Gasteiger partial charge in [0, 0.05) is 24.8 Å². The molecule has 2 N–H and O–H groups in total. The van der Waals surface area contributed by atoms with Crippen LogP contribution >= 0.6 is 0 Å². The molecular formula is C10H15N3. The van der Waals surface area contributed by atoms with Crippen LogP contribution in [0.1, 0.15) is 24.8 Å². The van der Waals surface area contributed by atoms with Crippen molar-refractivity contribution >= 4 is 5.57 Å². The quantitative estimate of drug-likeness (QED) is 0.703. The van der Waals surface area contributed by atoms with Crippen LogP contribution in [0.4, 0.5) is 0 Å². The van der Waals surface area contributed by atoms with Gasteiger partial charge in [0.25, 0.3) is 0 Å². The lowest BCUT2D eigenvalue weighted by Crippen LogP contribution is -2.21. The Balaban J connectivity index is 2.18. The molecule has 1 aromatic heterocycles. The summed E-state index contributed by atoms with van der Waals surface area (Å²) in [6, 6.07) is 0.362. The molecule has 3 nitrogen and oxygen atoms in total. The fraction of sp³-hybridized carbons (Fsp3) is 0.500. The predicted molar refractivity (Wildman–Crippen MR) is 53.0 cm³/mol. The van der Waals surface area contributed by atoms with Gasteiger partial charge in [-0.2, -0.15) is 5.10 Å². The van der Waals surface area contributed by atoms with Crippen LogP contribution in [-0.2, 0) is 7.05 Å². The van der Waals surface area contributed by atoms with Crippen molar-refractivity contribution in [3.63, 3.8) is 0 Å². The van der Waals surface area contributed by atoms with Crippen LogP contribution in [0.3, 0.4) is 0 Å². The third-order valence-corrected chi connectivity index (χ3v) is 2.53. The highest BCUT2D eigenvalue weighted by molar-refractivity contribution is 5.65. The van der Waals surface area contributed by atoms with E-state index in [-0.39, 0.29) is 0 Å². The second-order valence-corrected chi connectivity index (χ2v) is 3.67. The van der Waals surface area contributed by atoms with Crippen LogP contribution in [0, 0.1) is 0 Å². The van der Waals surface area contributed by atoms with Gasteiger partial charge < -0.3 is 5.73 Å². The molecule has 0 radical (unpaired) electrons. The second-order valence-electron chi connectivity index (χ2n) is 3.67. The van der Waals surface area contributed by atoms with Gasteiger partial charge in [-0.05, 0) is 24.8 Å². The SMILES string of the molecule is Cn1cc(C2=CCC(N)CC2)cn1. The molecule has 0 spiro atoms. The van der Waals surface area contributed by atoms with Gasteiger partial charge in [-0.3, -0.25) is 4.68 Å². The average molecular weight is 177 g/mol. The molecule has 2 rings (SSSR count). The van der Waals surface area contributed by atoms with Gasteiger partial charge in [0.15, 0.2) is 0 Å². The van der Waals surface area contributed by atoms with Gasteiger partial charge in [-0.25, -0.2) is 0 Å². The number of rotatable bonds is 1. The van der Waals surface area contributed by atoms with Crippen molar-refractivity contribution in [3.8, 4) is 0 Å². The van der Waals surface area contributed by atoms with Crippen LogP contribution in [-0.4, -0.2) is 15.8 Å². The lowest BCUT2D eigenvalue weighted by molar-refractivity contribution is 0.614. The minimum atomic E-state index is 0.362. The standard InChI is InChI=1S/C10H15N3/c1-13-7-9(6-12-13)8-2-4-10(11)5-3-8/h2,6-7,10H,3-5,11H2,1H3. The molecule has 0 saturated carbocycles. The van der Waals surface area contributed by atoms with Crippen molar-refractivity contribution in [3.05, 3.63) is 24.0 Å². The van der Waals surface area contributed by atoms with Crippen molar-refractivity contribution < 1.29 is 0 Å². The Hall–Kier alpha value is -1.09. The Morgan fingerprint density at radius 2 is 2.46 bits per heavy atom. The normalized spacial score (nSPS) is 22.9. The first-order valence-electron chi connectivity index (χ1n) is 4.69. The highest BCUT2D eigenvalue weighted by Crippen LogP contribution is 2.25. The maximum Gasteiger partial charge on any atom is 0.0564 e. The number of nitrogens with zero attached hydrogens (tertiary/aromatic N) is 2. The van der Waals surface area contributed by atoms with Gasteiger partial charge in [0.05, 0.1) is 6.20 Å². The predicted octanol–water partition coefficient (Wildman–Crippen LogP) is 1.31. The van der Waals surface area contributed by atoms with Gasteiger partial charge in [0.2, 0.25) is 0 Å². The van der Waals surface area contributed by atoms with E-state index < -0.39 is 0 Å². The summed E-state index contributed by atoms with van der Waals surface area (Å²) in [6.45, 7) is 0. The zero-order valence-corrected chi connectivity index (χ0v) is 7.90. The Bertz CT molecular complexity index is 325. The molecule has 3 heteroatoms. The summed E-state index contributed by atoms with van der Waals surface area (Å²) in [5.74, 6) is 0. The van der Waals surface area contributed by atoms with E-state index >= 15 is 0 Å². The molecule has 0 aliphatic heterocycles. The lowest BCUT2D eigenvalue weighted by Gasteiger charge is -2.16. The fourth-order valence-electron chi connectivity index (χ4n) is 1.70. The van der Waals surface area contributed by atoms with Crippen molar-refractivity contribution in [2.75, 3.05) is 0 Å². The molecular weight excluding hydrogens is 162 g/mol. The first kappa shape index (κ1) is 8.51. The summed E-state index contributed by atoms with van der Waals surface area (Å²) in [7, 11) is 1.94. The summed E-state index contributed by atoms with van der Waals surface area (Å²) >= 11 is 0. The maximum absolute atomic E-state index is 5.81. The number of aromatic nitrogens is 2. The highest BCUT2D eigenvalue weighted by Gasteiger charge is 2.12. The van der Waals surface area contributed by atoms with E-state index in [2.05, 4.69) is 17.4 Å². The van der Waals surface area contributed by atoms with Gasteiger partial charge in [0.1, 0.15) is 0 Å². The van der Waals surface area contributed by atoms with E-state index in [9.17, 15) is 0 Å². The zero-order chi connectivity index (χ0) is 9.26. The van der Waals surface area contributed by atoms with Crippen LogP contribution in [0.15, 0.2) is 18.5 Å². The van der Waals surface area contributed by atoms with E-state index in [1.807, 2.05) is 17.9 Å². The van der Waals surface area contributed by atoms with Crippen LogP contribution in [0.25, 0.3) is 5.57 Å². The molecule has 0 aromatic carbocycles. The zero-order valence-electron chi connectivity index (χ0n) is 7.90. The van der Waals surface area contributed by atoms with E-state index in [0.717, 1.165) is 19.3 Å². The van der Waals surface area contributed by atoms with E-state index in [4.69, 9.17) is 5.73 Å². The Morgan fingerprint density at radius 1 is 1.62 bits per heavy atom. The molecule has 1 aromatic rings. The minimum Gasteiger partial charge on any atom is -0.327 e. The van der Waals surface area contributed by atoms with Gasteiger partial charge in [-0.15, -0.1) is 0 Å². The van der Waals surface area contributed by atoms with Crippen molar-refractivity contribution in [1.82, 2.24) is 9.78 Å². The smallest absolute Gasteiger partial charge is 0.0564 e. The molecule has 0 amide bonds. The number of aryl methyl sites for hydroxylation is 1.